The zero-order valence-electron chi connectivity index (χ0n) is 13.5. The van der Waals surface area contributed by atoms with Gasteiger partial charge >= 0.3 is 0 Å². The molecule has 2 aromatic heterocycles. The molecular weight excluding hydrogens is 330 g/mol. The molecule has 0 radical (unpaired) electrons. The summed E-state index contributed by atoms with van der Waals surface area (Å²) < 4.78 is 38.1. The minimum absolute atomic E-state index is 0.00467. The SMILES string of the molecule is CC(NC(=O)CCc1ncc(-c2c(F)cccc2F)o1)c1ccco1. The Balaban J connectivity index is 1.59. The molecule has 0 fully saturated rings. The highest BCUT2D eigenvalue weighted by atomic mass is 19.1. The molecule has 5 nitrogen and oxygen atoms in total. The fourth-order valence-electron chi connectivity index (χ4n) is 2.42. The Labute approximate surface area is 142 Å². The second-order valence-corrected chi connectivity index (χ2v) is 5.52. The number of furan rings is 1. The van der Waals surface area contributed by atoms with Crippen molar-refractivity contribution in [2.45, 2.75) is 25.8 Å². The van der Waals surface area contributed by atoms with Crippen LogP contribution in [0.3, 0.4) is 0 Å². The summed E-state index contributed by atoms with van der Waals surface area (Å²) in [5.74, 6) is -0.781. The van der Waals surface area contributed by atoms with E-state index in [-0.39, 0.29) is 42.0 Å². The van der Waals surface area contributed by atoms with E-state index >= 15 is 0 Å². The third kappa shape index (κ3) is 3.93. The summed E-state index contributed by atoms with van der Waals surface area (Å²) in [5.41, 5.74) is -0.267. The van der Waals surface area contributed by atoms with Gasteiger partial charge in [-0.3, -0.25) is 4.79 Å². The number of carbonyl (C=O) groups is 1. The predicted molar refractivity (Wildman–Crippen MR) is 85.4 cm³/mol. The van der Waals surface area contributed by atoms with E-state index in [2.05, 4.69) is 10.3 Å². The van der Waals surface area contributed by atoms with Gasteiger partial charge in [-0.1, -0.05) is 6.07 Å². The number of aryl methyl sites for hydroxylation is 1. The molecule has 25 heavy (non-hydrogen) atoms. The van der Waals surface area contributed by atoms with Crippen molar-refractivity contribution >= 4 is 5.91 Å². The number of nitrogens with one attached hydrogen (secondary N) is 1. The van der Waals surface area contributed by atoms with Crippen LogP contribution in [0.1, 0.15) is 31.0 Å². The molecule has 1 atom stereocenters. The van der Waals surface area contributed by atoms with Crippen LogP contribution in [0.5, 0.6) is 0 Å². The van der Waals surface area contributed by atoms with Gasteiger partial charge in [0.25, 0.3) is 0 Å². The molecule has 1 amide bonds. The van der Waals surface area contributed by atoms with Crippen molar-refractivity contribution in [2.75, 3.05) is 0 Å². The van der Waals surface area contributed by atoms with Crippen LogP contribution in [0.2, 0.25) is 0 Å². The fraction of sp³-hybridized carbons (Fsp3) is 0.222. The van der Waals surface area contributed by atoms with Crippen LogP contribution in [0.25, 0.3) is 11.3 Å². The van der Waals surface area contributed by atoms with Crippen molar-refractivity contribution in [3.05, 3.63) is 66.1 Å². The van der Waals surface area contributed by atoms with Gasteiger partial charge in [-0.25, -0.2) is 13.8 Å². The molecule has 0 spiro atoms. The number of hydrogen-bond acceptors (Lipinski definition) is 4. The van der Waals surface area contributed by atoms with Crippen molar-refractivity contribution in [1.82, 2.24) is 10.3 Å². The Morgan fingerprint density at radius 2 is 2.00 bits per heavy atom. The van der Waals surface area contributed by atoms with E-state index in [4.69, 9.17) is 8.83 Å². The number of halogens is 2. The first-order valence-corrected chi connectivity index (χ1v) is 7.76. The first-order chi connectivity index (χ1) is 12.0. The molecule has 1 aromatic carbocycles. The summed E-state index contributed by atoms with van der Waals surface area (Å²) in [7, 11) is 0. The van der Waals surface area contributed by atoms with E-state index in [9.17, 15) is 13.6 Å². The summed E-state index contributed by atoms with van der Waals surface area (Å²) in [6.07, 6.45) is 3.13. The molecule has 0 aliphatic rings. The zero-order valence-corrected chi connectivity index (χ0v) is 13.5. The number of nitrogens with zero attached hydrogens (tertiary/aromatic N) is 1. The van der Waals surface area contributed by atoms with E-state index in [1.807, 2.05) is 0 Å². The third-order valence-electron chi connectivity index (χ3n) is 3.68. The van der Waals surface area contributed by atoms with E-state index in [1.165, 1.54) is 18.5 Å². The number of hydrogen-bond donors (Lipinski definition) is 1. The maximum atomic E-state index is 13.7. The molecule has 1 N–H and O–H groups in total. The van der Waals surface area contributed by atoms with E-state index < -0.39 is 11.6 Å². The Kier molecular flexibility index (Phi) is 4.92. The minimum Gasteiger partial charge on any atom is -0.467 e. The molecule has 3 aromatic rings. The lowest BCUT2D eigenvalue weighted by Crippen LogP contribution is -2.26. The molecule has 2 heterocycles. The third-order valence-corrected chi connectivity index (χ3v) is 3.68. The molecule has 3 rings (SSSR count). The van der Waals surface area contributed by atoms with Crippen molar-refractivity contribution in [3.8, 4) is 11.3 Å². The van der Waals surface area contributed by atoms with Gasteiger partial charge in [0.1, 0.15) is 17.4 Å². The van der Waals surface area contributed by atoms with Crippen LogP contribution in [-0.2, 0) is 11.2 Å². The van der Waals surface area contributed by atoms with Crippen LogP contribution in [0.15, 0.2) is 51.6 Å². The highest BCUT2D eigenvalue weighted by molar-refractivity contribution is 5.76. The highest BCUT2D eigenvalue weighted by Crippen LogP contribution is 2.26. The Bertz CT molecular complexity index is 839. The van der Waals surface area contributed by atoms with Crippen LogP contribution in [0.4, 0.5) is 8.78 Å². The van der Waals surface area contributed by atoms with Gasteiger partial charge in [0.05, 0.1) is 24.1 Å². The van der Waals surface area contributed by atoms with E-state index in [1.54, 1.807) is 19.1 Å². The van der Waals surface area contributed by atoms with Gasteiger partial charge in [0.15, 0.2) is 11.7 Å². The van der Waals surface area contributed by atoms with Gasteiger partial charge < -0.3 is 14.2 Å². The van der Waals surface area contributed by atoms with Crippen LogP contribution in [-0.4, -0.2) is 10.9 Å². The lowest BCUT2D eigenvalue weighted by atomic mass is 10.1. The first-order valence-electron chi connectivity index (χ1n) is 7.76. The van der Waals surface area contributed by atoms with Gasteiger partial charge in [0.2, 0.25) is 5.91 Å². The topological polar surface area (TPSA) is 68.3 Å². The van der Waals surface area contributed by atoms with Crippen molar-refractivity contribution in [2.24, 2.45) is 0 Å². The lowest BCUT2D eigenvalue weighted by Gasteiger charge is -2.10. The molecule has 0 saturated carbocycles. The monoisotopic (exact) mass is 346 g/mol. The zero-order chi connectivity index (χ0) is 17.8. The number of aromatic nitrogens is 1. The van der Waals surface area contributed by atoms with Crippen LogP contribution in [0, 0.1) is 11.6 Å². The minimum atomic E-state index is -0.729. The van der Waals surface area contributed by atoms with Crippen molar-refractivity contribution in [3.63, 3.8) is 0 Å². The normalized spacial score (nSPS) is 12.1. The number of carbonyl (C=O) groups excluding carboxylic acids is 1. The van der Waals surface area contributed by atoms with E-state index in [0.29, 0.717) is 5.76 Å². The Hall–Kier alpha value is -2.96. The maximum Gasteiger partial charge on any atom is 0.221 e. The summed E-state index contributed by atoms with van der Waals surface area (Å²) in [6.45, 7) is 1.81. The standard InChI is InChI=1S/C18H16F2N2O3/c1-11(14-6-3-9-24-14)22-16(23)7-8-17-21-10-15(25-17)18-12(19)4-2-5-13(18)20/h2-6,9-11H,7-8H2,1H3,(H,22,23). The number of oxazole rings is 1. The maximum absolute atomic E-state index is 13.7. The molecule has 130 valence electrons. The quantitative estimate of drug-likeness (QED) is 0.732. The first kappa shape index (κ1) is 16.9. The van der Waals surface area contributed by atoms with Crippen LogP contribution >= 0.6 is 0 Å². The van der Waals surface area contributed by atoms with Crippen LogP contribution < -0.4 is 5.32 Å². The second kappa shape index (κ2) is 7.29. The van der Waals surface area contributed by atoms with Crippen molar-refractivity contribution < 1.29 is 22.4 Å². The number of amides is 1. The number of benzene rings is 1. The van der Waals surface area contributed by atoms with E-state index in [0.717, 1.165) is 12.1 Å². The van der Waals surface area contributed by atoms with Gasteiger partial charge in [0, 0.05) is 12.8 Å². The molecular formula is C18H16F2N2O3. The van der Waals surface area contributed by atoms with Gasteiger partial charge in [-0.05, 0) is 31.2 Å². The molecule has 0 bridgehead atoms. The molecule has 0 aliphatic carbocycles. The average Bonchev–Trinajstić information content (AvgIpc) is 3.25. The predicted octanol–water partition coefficient (Wildman–Crippen LogP) is 4.02. The summed E-state index contributed by atoms with van der Waals surface area (Å²) >= 11 is 0. The second-order valence-electron chi connectivity index (χ2n) is 5.52. The molecule has 0 saturated heterocycles. The highest BCUT2D eigenvalue weighted by Gasteiger charge is 2.17. The summed E-state index contributed by atoms with van der Waals surface area (Å²) in [5, 5.41) is 2.79. The summed E-state index contributed by atoms with van der Waals surface area (Å²) in [6, 6.07) is 6.82. The fourth-order valence-corrected chi connectivity index (χ4v) is 2.42. The Morgan fingerprint density at radius 1 is 1.24 bits per heavy atom. The Morgan fingerprint density at radius 3 is 2.68 bits per heavy atom. The van der Waals surface area contributed by atoms with Crippen molar-refractivity contribution in [1.29, 1.82) is 0 Å². The number of rotatable bonds is 6. The molecule has 7 heteroatoms. The smallest absolute Gasteiger partial charge is 0.221 e. The molecule has 1 unspecified atom stereocenters. The summed E-state index contributed by atoms with van der Waals surface area (Å²) in [4.78, 5) is 15.9. The van der Waals surface area contributed by atoms with Gasteiger partial charge in [-0.2, -0.15) is 0 Å². The van der Waals surface area contributed by atoms with Gasteiger partial charge in [-0.15, -0.1) is 0 Å². The lowest BCUT2D eigenvalue weighted by molar-refractivity contribution is -0.121. The molecule has 0 aliphatic heterocycles. The average molecular weight is 346 g/mol. The largest absolute Gasteiger partial charge is 0.467 e.